The summed E-state index contributed by atoms with van der Waals surface area (Å²) in [6, 6.07) is 12.8. The predicted molar refractivity (Wildman–Crippen MR) is 118 cm³/mol. The minimum atomic E-state index is 0.585. The Morgan fingerprint density at radius 2 is 1.80 bits per heavy atom. The molecule has 0 bridgehead atoms. The molecule has 156 valence electrons. The van der Waals surface area contributed by atoms with Crippen molar-refractivity contribution < 1.29 is 0 Å². The first-order chi connectivity index (χ1) is 14.8. The van der Waals surface area contributed by atoms with Crippen LogP contribution in [0.4, 0.5) is 5.69 Å². The van der Waals surface area contributed by atoms with E-state index in [0.717, 1.165) is 45.0 Å². The minimum Gasteiger partial charge on any atom is -0.384 e. The summed E-state index contributed by atoms with van der Waals surface area (Å²) in [6.07, 6.45) is 7.86. The number of benzene rings is 1. The normalized spacial score (nSPS) is 19.5. The van der Waals surface area contributed by atoms with E-state index in [2.05, 4.69) is 60.6 Å². The number of fused-ring (bicyclic) bond motifs is 1. The Hall–Kier alpha value is -2.77. The van der Waals surface area contributed by atoms with Gasteiger partial charge in [-0.2, -0.15) is 0 Å². The van der Waals surface area contributed by atoms with Crippen LogP contribution in [0, 0.1) is 0 Å². The second kappa shape index (κ2) is 8.93. The summed E-state index contributed by atoms with van der Waals surface area (Å²) >= 11 is 0. The van der Waals surface area contributed by atoms with Gasteiger partial charge in [0.1, 0.15) is 12.7 Å². The molecule has 7 heteroatoms. The largest absolute Gasteiger partial charge is 0.384 e. The van der Waals surface area contributed by atoms with Gasteiger partial charge in [-0.1, -0.05) is 6.07 Å². The van der Waals surface area contributed by atoms with Crippen molar-refractivity contribution in [2.45, 2.75) is 25.3 Å². The average molecular weight is 404 g/mol. The van der Waals surface area contributed by atoms with E-state index >= 15 is 0 Å². The first-order valence-electron chi connectivity index (χ1n) is 10.9. The molecule has 0 saturated carbocycles. The fraction of sp³-hybridized carbons (Fsp3) is 0.435. The van der Waals surface area contributed by atoms with Gasteiger partial charge in [0.2, 0.25) is 0 Å². The van der Waals surface area contributed by atoms with Crippen LogP contribution in [-0.2, 0) is 6.54 Å². The number of nitrogens with zero attached hydrogens (tertiary/aromatic N) is 6. The van der Waals surface area contributed by atoms with E-state index in [0.29, 0.717) is 5.92 Å². The van der Waals surface area contributed by atoms with Crippen LogP contribution in [0.25, 0.3) is 5.69 Å². The van der Waals surface area contributed by atoms with Crippen molar-refractivity contribution >= 4 is 5.69 Å². The smallest absolute Gasteiger partial charge is 0.123 e. The molecule has 1 aromatic carbocycles. The lowest BCUT2D eigenvalue weighted by Crippen LogP contribution is -2.46. The molecule has 30 heavy (non-hydrogen) atoms. The molecule has 2 aliphatic rings. The molecule has 5 rings (SSSR count). The van der Waals surface area contributed by atoms with Crippen LogP contribution < -0.4 is 5.32 Å². The lowest BCUT2D eigenvalue weighted by Gasteiger charge is -2.34. The number of hydrogen-bond donors (Lipinski definition) is 1. The lowest BCUT2D eigenvalue weighted by molar-refractivity contribution is 0.124. The highest BCUT2D eigenvalue weighted by molar-refractivity contribution is 5.61. The predicted octanol–water partition coefficient (Wildman–Crippen LogP) is 2.77. The molecule has 1 unspecified atom stereocenters. The maximum atomic E-state index is 4.46. The fourth-order valence-electron chi connectivity index (χ4n) is 4.60. The van der Waals surface area contributed by atoms with Crippen molar-refractivity contribution in [1.29, 1.82) is 0 Å². The molecular weight excluding hydrogens is 374 g/mol. The van der Waals surface area contributed by atoms with Gasteiger partial charge in [-0.25, -0.2) is 0 Å². The highest BCUT2D eigenvalue weighted by Gasteiger charge is 2.23. The van der Waals surface area contributed by atoms with Crippen LogP contribution in [0.2, 0.25) is 0 Å². The zero-order valence-electron chi connectivity index (χ0n) is 17.3. The van der Waals surface area contributed by atoms with Gasteiger partial charge in [-0.05, 0) is 55.3 Å². The number of anilines is 1. The van der Waals surface area contributed by atoms with E-state index in [4.69, 9.17) is 0 Å². The number of piperazine rings is 1. The summed E-state index contributed by atoms with van der Waals surface area (Å²) in [5, 5.41) is 11.4. The van der Waals surface area contributed by atoms with Crippen molar-refractivity contribution in [2.75, 3.05) is 44.6 Å². The Morgan fingerprint density at radius 1 is 0.967 bits per heavy atom. The summed E-state index contributed by atoms with van der Waals surface area (Å²) < 4.78 is 1.97. The zero-order valence-corrected chi connectivity index (χ0v) is 17.3. The molecule has 3 aromatic rings. The van der Waals surface area contributed by atoms with Gasteiger partial charge in [0.05, 0.1) is 5.69 Å². The van der Waals surface area contributed by atoms with E-state index in [1.165, 1.54) is 36.3 Å². The quantitative estimate of drug-likeness (QED) is 0.655. The second-order valence-electron chi connectivity index (χ2n) is 8.30. The van der Waals surface area contributed by atoms with E-state index < -0.39 is 0 Å². The van der Waals surface area contributed by atoms with Crippen LogP contribution in [0.3, 0.4) is 0 Å². The molecule has 7 nitrogen and oxygen atoms in total. The Bertz CT molecular complexity index is 933. The van der Waals surface area contributed by atoms with Gasteiger partial charge in [0.25, 0.3) is 0 Å². The van der Waals surface area contributed by atoms with E-state index in [1.54, 1.807) is 12.7 Å². The number of rotatable bonds is 7. The molecule has 4 heterocycles. The monoisotopic (exact) mass is 403 g/mol. The third-order valence-corrected chi connectivity index (χ3v) is 6.33. The average Bonchev–Trinajstić information content (AvgIpc) is 3.46. The third-order valence-electron chi connectivity index (χ3n) is 6.33. The number of pyridine rings is 1. The summed E-state index contributed by atoms with van der Waals surface area (Å²) in [5.41, 5.74) is 5.02. The molecule has 1 fully saturated rings. The van der Waals surface area contributed by atoms with Gasteiger partial charge in [0, 0.05) is 62.8 Å². The van der Waals surface area contributed by atoms with Crippen LogP contribution in [0.5, 0.6) is 0 Å². The van der Waals surface area contributed by atoms with E-state index in [-0.39, 0.29) is 0 Å². The van der Waals surface area contributed by atoms with Crippen molar-refractivity contribution in [3.63, 3.8) is 0 Å². The van der Waals surface area contributed by atoms with Crippen molar-refractivity contribution in [3.8, 4) is 5.69 Å². The fourth-order valence-corrected chi connectivity index (χ4v) is 4.60. The van der Waals surface area contributed by atoms with Crippen LogP contribution in [0.1, 0.15) is 30.0 Å². The highest BCUT2D eigenvalue weighted by atomic mass is 15.3. The zero-order chi connectivity index (χ0) is 20.2. The molecule has 0 amide bonds. The van der Waals surface area contributed by atoms with Crippen molar-refractivity contribution in [1.82, 2.24) is 29.5 Å². The van der Waals surface area contributed by atoms with Crippen LogP contribution in [-0.4, -0.2) is 68.8 Å². The maximum absolute atomic E-state index is 4.46. The SMILES string of the molecule is c1ccc(CN2CCN(CCCC3CNc4ccc(-n5cnnc5)cc43)CC2)nc1. The summed E-state index contributed by atoms with van der Waals surface area (Å²) in [4.78, 5) is 9.59. The molecule has 0 aliphatic carbocycles. The summed E-state index contributed by atoms with van der Waals surface area (Å²) in [7, 11) is 0. The van der Waals surface area contributed by atoms with Crippen LogP contribution in [0.15, 0.2) is 55.2 Å². The number of nitrogens with one attached hydrogen (secondary N) is 1. The first-order valence-corrected chi connectivity index (χ1v) is 10.9. The molecule has 1 N–H and O–H groups in total. The van der Waals surface area contributed by atoms with Crippen LogP contribution >= 0.6 is 0 Å². The minimum absolute atomic E-state index is 0.585. The lowest BCUT2D eigenvalue weighted by atomic mass is 9.95. The number of hydrogen-bond acceptors (Lipinski definition) is 6. The first kappa shape index (κ1) is 19.2. The van der Waals surface area contributed by atoms with Crippen molar-refractivity contribution in [2.24, 2.45) is 0 Å². The maximum Gasteiger partial charge on any atom is 0.123 e. The molecular formula is C23H29N7. The van der Waals surface area contributed by atoms with Gasteiger partial charge in [-0.3, -0.25) is 14.5 Å². The van der Waals surface area contributed by atoms with Gasteiger partial charge in [-0.15, -0.1) is 10.2 Å². The topological polar surface area (TPSA) is 62.1 Å². The van der Waals surface area contributed by atoms with Gasteiger partial charge in [0.15, 0.2) is 0 Å². The van der Waals surface area contributed by atoms with Crippen molar-refractivity contribution in [3.05, 3.63) is 66.5 Å². The van der Waals surface area contributed by atoms with E-state index in [1.807, 2.05) is 16.8 Å². The Labute approximate surface area is 177 Å². The van der Waals surface area contributed by atoms with Gasteiger partial charge < -0.3 is 10.2 Å². The van der Waals surface area contributed by atoms with E-state index in [9.17, 15) is 0 Å². The molecule has 0 spiro atoms. The standard InChI is InChI=1S/C23H29N7/c1-2-8-24-20(5-1)16-29-12-10-28(11-13-29)9-3-4-19-15-25-23-7-6-21(14-22(19)23)30-17-26-27-18-30/h1-2,5-8,14,17-19,25H,3-4,9-13,15-16H2. The van der Waals surface area contributed by atoms with Gasteiger partial charge >= 0.3 is 0 Å². The Balaban J connectivity index is 1.09. The molecule has 2 aromatic heterocycles. The summed E-state index contributed by atoms with van der Waals surface area (Å²) in [5.74, 6) is 0.585. The molecule has 1 atom stereocenters. The second-order valence-corrected chi connectivity index (χ2v) is 8.30. The third kappa shape index (κ3) is 4.37. The Kier molecular flexibility index (Phi) is 5.72. The highest BCUT2D eigenvalue weighted by Crippen LogP contribution is 2.35. The molecule has 1 saturated heterocycles. The molecule has 2 aliphatic heterocycles. The molecule has 0 radical (unpaired) electrons. The summed E-state index contributed by atoms with van der Waals surface area (Å²) in [6.45, 7) is 7.77. The Morgan fingerprint density at radius 3 is 2.60 bits per heavy atom. The number of aromatic nitrogens is 4.